The molecule has 2 amide bonds. The van der Waals surface area contributed by atoms with Crippen molar-refractivity contribution < 1.29 is 22.7 Å². The number of para-hydroxylation sites is 1. The van der Waals surface area contributed by atoms with Crippen LogP contribution in [0.1, 0.15) is 38.3 Å². The van der Waals surface area contributed by atoms with Crippen LogP contribution in [0.15, 0.2) is 78.9 Å². The molecule has 0 bridgehead atoms. The van der Waals surface area contributed by atoms with E-state index in [1.165, 1.54) is 4.90 Å². The molecule has 0 aliphatic carbocycles. The van der Waals surface area contributed by atoms with Crippen LogP contribution >= 0.6 is 0 Å². The number of carbonyl (C=O) groups is 2. The molecule has 9 heteroatoms. The number of ether oxygens (including phenoxy) is 1. The Hall–Kier alpha value is -3.85. The first-order chi connectivity index (χ1) is 19.0. The van der Waals surface area contributed by atoms with E-state index < -0.39 is 28.5 Å². The zero-order chi connectivity index (χ0) is 29.3. The average molecular weight is 566 g/mol. The maximum Gasteiger partial charge on any atom is 0.244 e. The van der Waals surface area contributed by atoms with E-state index in [0.717, 1.165) is 21.7 Å². The van der Waals surface area contributed by atoms with Gasteiger partial charge in [-0.05, 0) is 61.2 Å². The fraction of sp³-hybridized carbons (Fsp3) is 0.355. The Kier molecular flexibility index (Phi) is 10.7. The van der Waals surface area contributed by atoms with Crippen molar-refractivity contribution in [3.8, 4) is 11.5 Å². The number of benzene rings is 3. The van der Waals surface area contributed by atoms with Gasteiger partial charge in [0.15, 0.2) is 0 Å². The minimum atomic E-state index is -3.83. The molecule has 1 N–H and O–H groups in total. The lowest BCUT2D eigenvalue weighted by Gasteiger charge is -2.33. The number of carbonyl (C=O) groups excluding carboxylic acids is 2. The Bertz CT molecular complexity index is 1380. The number of nitrogens with zero attached hydrogens (tertiary/aromatic N) is 2. The SMILES string of the molecule is CC[C@@H](C(=O)NCC(C)C)N(Cc1cccc(C)c1)C(=O)CN(c1ccc(Oc2ccccc2)cc1)S(C)(=O)=O. The zero-order valence-electron chi connectivity index (χ0n) is 23.8. The Morgan fingerprint density at radius 3 is 2.15 bits per heavy atom. The number of hydrogen-bond donors (Lipinski definition) is 1. The third kappa shape index (κ3) is 8.84. The Labute approximate surface area is 238 Å². The number of sulfonamides is 1. The van der Waals surface area contributed by atoms with Crippen LogP contribution in [0, 0.1) is 12.8 Å². The van der Waals surface area contributed by atoms with Gasteiger partial charge in [-0.25, -0.2) is 8.42 Å². The fourth-order valence-electron chi connectivity index (χ4n) is 4.27. The lowest BCUT2D eigenvalue weighted by molar-refractivity contribution is -0.140. The first-order valence-corrected chi connectivity index (χ1v) is 15.3. The second kappa shape index (κ2) is 14.0. The second-order valence-electron chi connectivity index (χ2n) is 10.3. The van der Waals surface area contributed by atoms with Crippen LogP contribution in [0.4, 0.5) is 5.69 Å². The average Bonchev–Trinajstić information content (AvgIpc) is 2.91. The number of rotatable bonds is 13. The molecule has 0 radical (unpaired) electrons. The van der Waals surface area contributed by atoms with Gasteiger partial charge in [0, 0.05) is 13.1 Å². The zero-order valence-corrected chi connectivity index (χ0v) is 24.6. The molecule has 0 unspecified atom stereocenters. The van der Waals surface area contributed by atoms with Crippen molar-refractivity contribution in [2.45, 2.75) is 46.7 Å². The van der Waals surface area contributed by atoms with Crippen molar-refractivity contribution in [1.29, 1.82) is 0 Å². The molecule has 0 heterocycles. The Morgan fingerprint density at radius 1 is 0.925 bits per heavy atom. The Morgan fingerprint density at radius 2 is 1.57 bits per heavy atom. The summed E-state index contributed by atoms with van der Waals surface area (Å²) in [5, 5.41) is 2.93. The lowest BCUT2D eigenvalue weighted by atomic mass is 10.1. The second-order valence-corrected chi connectivity index (χ2v) is 12.2. The number of hydrogen-bond acceptors (Lipinski definition) is 5. The van der Waals surface area contributed by atoms with Gasteiger partial charge in [-0.2, -0.15) is 0 Å². The molecule has 0 aromatic heterocycles. The summed E-state index contributed by atoms with van der Waals surface area (Å²) in [6, 6.07) is 22.7. The smallest absolute Gasteiger partial charge is 0.244 e. The molecule has 3 aromatic carbocycles. The van der Waals surface area contributed by atoms with Gasteiger partial charge in [0.05, 0.1) is 11.9 Å². The van der Waals surface area contributed by atoms with Crippen molar-refractivity contribution in [2.24, 2.45) is 5.92 Å². The van der Waals surface area contributed by atoms with Crippen LogP contribution in [0.25, 0.3) is 0 Å². The summed E-state index contributed by atoms with van der Waals surface area (Å²) in [6.07, 6.45) is 1.44. The van der Waals surface area contributed by atoms with E-state index in [4.69, 9.17) is 4.74 Å². The molecule has 3 aromatic rings. The van der Waals surface area contributed by atoms with Crippen LogP contribution in [0.2, 0.25) is 0 Å². The molecule has 0 aliphatic heterocycles. The van der Waals surface area contributed by atoms with Crippen molar-refractivity contribution in [2.75, 3.05) is 23.7 Å². The highest BCUT2D eigenvalue weighted by Crippen LogP contribution is 2.26. The highest BCUT2D eigenvalue weighted by molar-refractivity contribution is 7.92. The summed E-state index contributed by atoms with van der Waals surface area (Å²) < 4.78 is 32.6. The minimum absolute atomic E-state index is 0.176. The highest BCUT2D eigenvalue weighted by Gasteiger charge is 2.31. The van der Waals surface area contributed by atoms with Gasteiger partial charge in [-0.1, -0.05) is 68.8 Å². The summed E-state index contributed by atoms with van der Waals surface area (Å²) >= 11 is 0. The van der Waals surface area contributed by atoms with E-state index in [2.05, 4.69) is 5.32 Å². The van der Waals surface area contributed by atoms with Crippen LogP contribution in [-0.4, -0.2) is 50.5 Å². The van der Waals surface area contributed by atoms with Crippen LogP contribution < -0.4 is 14.4 Å². The summed E-state index contributed by atoms with van der Waals surface area (Å²) in [4.78, 5) is 28.5. The number of aryl methyl sites for hydroxylation is 1. The van der Waals surface area contributed by atoms with E-state index in [1.54, 1.807) is 24.3 Å². The maximum atomic E-state index is 13.8. The molecular weight excluding hydrogens is 526 g/mol. The van der Waals surface area contributed by atoms with Gasteiger partial charge >= 0.3 is 0 Å². The normalized spacial score (nSPS) is 12.1. The lowest BCUT2D eigenvalue weighted by Crippen LogP contribution is -2.52. The van der Waals surface area contributed by atoms with Crippen molar-refractivity contribution in [3.63, 3.8) is 0 Å². The number of anilines is 1. The van der Waals surface area contributed by atoms with Crippen molar-refractivity contribution in [1.82, 2.24) is 10.2 Å². The molecule has 0 fully saturated rings. The first kappa shape index (κ1) is 30.7. The molecule has 0 spiro atoms. The molecule has 3 rings (SSSR count). The first-order valence-electron chi connectivity index (χ1n) is 13.4. The molecule has 40 heavy (non-hydrogen) atoms. The summed E-state index contributed by atoms with van der Waals surface area (Å²) in [5.74, 6) is 0.702. The standard InChI is InChI=1S/C31H39N3O5S/c1-6-29(31(36)32-20-23(2)3)33(21-25-12-10-11-24(4)19-25)30(35)22-34(40(5,37)38)26-15-17-28(18-16-26)39-27-13-8-7-9-14-27/h7-19,23,29H,6,20-22H2,1-5H3,(H,32,36)/t29-/m0/s1. The number of nitrogens with one attached hydrogen (secondary N) is 1. The third-order valence-corrected chi connectivity index (χ3v) is 7.43. The van der Waals surface area contributed by atoms with Crippen molar-refractivity contribution >= 4 is 27.5 Å². The Balaban J connectivity index is 1.88. The quantitative estimate of drug-likeness (QED) is 0.310. The molecule has 0 saturated carbocycles. The fourth-order valence-corrected chi connectivity index (χ4v) is 5.12. The minimum Gasteiger partial charge on any atom is -0.457 e. The molecule has 1 atom stereocenters. The van der Waals surface area contributed by atoms with Gasteiger partial charge in [-0.3, -0.25) is 13.9 Å². The van der Waals surface area contributed by atoms with Crippen molar-refractivity contribution in [3.05, 3.63) is 90.0 Å². The molecule has 8 nitrogen and oxygen atoms in total. The molecule has 0 saturated heterocycles. The van der Waals surface area contributed by atoms with Gasteiger partial charge in [0.2, 0.25) is 21.8 Å². The third-order valence-electron chi connectivity index (χ3n) is 6.29. The topological polar surface area (TPSA) is 96.0 Å². The predicted octanol–water partition coefficient (Wildman–Crippen LogP) is 5.13. The highest BCUT2D eigenvalue weighted by atomic mass is 32.2. The summed E-state index contributed by atoms with van der Waals surface area (Å²) in [6.45, 7) is 8.00. The molecule has 0 aliphatic rings. The van der Waals surface area contributed by atoms with Gasteiger partial charge in [-0.15, -0.1) is 0 Å². The van der Waals surface area contributed by atoms with E-state index in [0.29, 0.717) is 30.2 Å². The van der Waals surface area contributed by atoms with E-state index >= 15 is 0 Å². The van der Waals surface area contributed by atoms with E-state index in [9.17, 15) is 18.0 Å². The van der Waals surface area contributed by atoms with Gasteiger partial charge < -0.3 is 15.0 Å². The van der Waals surface area contributed by atoms with E-state index in [1.807, 2.05) is 82.3 Å². The van der Waals surface area contributed by atoms with Gasteiger partial charge in [0.1, 0.15) is 24.1 Å². The molecule has 214 valence electrons. The predicted molar refractivity (Wildman–Crippen MR) is 159 cm³/mol. The summed E-state index contributed by atoms with van der Waals surface area (Å²) in [5.41, 5.74) is 2.21. The van der Waals surface area contributed by atoms with Crippen LogP contribution in [0.3, 0.4) is 0 Å². The maximum absolute atomic E-state index is 13.8. The molecular formula is C31H39N3O5S. The van der Waals surface area contributed by atoms with Crippen LogP contribution in [-0.2, 0) is 26.2 Å². The van der Waals surface area contributed by atoms with Crippen LogP contribution in [0.5, 0.6) is 11.5 Å². The monoisotopic (exact) mass is 565 g/mol. The number of amides is 2. The van der Waals surface area contributed by atoms with Gasteiger partial charge in [0.25, 0.3) is 0 Å². The largest absolute Gasteiger partial charge is 0.457 e. The summed E-state index contributed by atoms with van der Waals surface area (Å²) in [7, 11) is -3.83. The van der Waals surface area contributed by atoms with E-state index in [-0.39, 0.29) is 18.4 Å².